The fourth-order valence-corrected chi connectivity index (χ4v) is 4.39. The zero-order chi connectivity index (χ0) is 21.8. The summed E-state index contributed by atoms with van der Waals surface area (Å²) < 4.78 is 33.3. The predicted octanol–water partition coefficient (Wildman–Crippen LogP) is 4.36. The summed E-state index contributed by atoms with van der Waals surface area (Å²) >= 11 is 0. The first kappa shape index (κ1) is 20.5. The molecule has 0 unspecified atom stereocenters. The molecule has 0 amide bonds. The van der Waals surface area contributed by atoms with Crippen molar-refractivity contribution in [3.8, 4) is 11.5 Å². The Morgan fingerprint density at radius 3 is 2.45 bits per heavy atom. The number of aromatic hydroxyl groups is 1. The van der Waals surface area contributed by atoms with E-state index in [-0.39, 0.29) is 10.6 Å². The van der Waals surface area contributed by atoms with Crippen LogP contribution in [-0.4, -0.2) is 25.6 Å². The first-order valence-corrected chi connectivity index (χ1v) is 11.0. The molecule has 0 radical (unpaired) electrons. The van der Waals surface area contributed by atoms with Crippen LogP contribution < -0.4 is 14.8 Å². The molecule has 31 heavy (non-hydrogen) atoms. The van der Waals surface area contributed by atoms with Crippen LogP contribution in [0.2, 0.25) is 0 Å². The molecule has 0 saturated heterocycles. The minimum atomic E-state index is -3.73. The number of fused-ring (bicyclic) bond motifs is 1. The van der Waals surface area contributed by atoms with Crippen molar-refractivity contribution in [1.82, 2.24) is 4.98 Å². The number of para-hydroxylation sites is 1. The Bertz CT molecular complexity index is 1330. The largest absolute Gasteiger partial charge is 0.504 e. The maximum atomic E-state index is 12.8. The Labute approximate surface area is 180 Å². The number of phenols is 1. The second kappa shape index (κ2) is 8.53. The average Bonchev–Trinajstić information content (AvgIpc) is 2.79. The fraction of sp³-hybridized carbons (Fsp3) is 0.0870. The maximum absolute atomic E-state index is 12.8. The summed E-state index contributed by atoms with van der Waals surface area (Å²) in [7, 11) is -2.23. The number of ether oxygens (including phenoxy) is 1. The summed E-state index contributed by atoms with van der Waals surface area (Å²) in [6.45, 7) is 0.337. The van der Waals surface area contributed by atoms with E-state index in [9.17, 15) is 13.5 Å². The number of hydrogen-bond acceptors (Lipinski definition) is 6. The van der Waals surface area contributed by atoms with Gasteiger partial charge in [0.1, 0.15) is 0 Å². The van der Waals surface area contributed by atoms with Gasteiger partial charge in [-0.2, -0.15) is 0 Å². The molecule has 7 nitrogen and oxygen atoms in total. The van der Waals surface area contributed by atoms with E-state index in [1.54, 1.807) is 73.1 Å². The molecule has 4 rings (SSSR count). The maximum Gasteiger partial charge on any atom is 0.261 e. The topological polar surface area (TPSA) is 101 Å². The van der Waals surface area contributed by atoms with Crippen LogP contribution in [0.3, 0.4) is 0 Å². The highest BCUT2D eigenvalue weighted by atomic mass is 32.2. The summed E-state index contributed by atoms with van der Waals surface area (Å²) in [6.07, 6.45) is 3.28. The van der Waals surface area contributed by atoms with Crippen LogP contribution in [0.4, 0.5) is 11.4 Å². The number of pyridine rings is 1. The zero-order valence-corrected chi connectivity index (χ0v) is 17.6. The SMILES string of the molecule is COc1cccc(CNc2cncc3c(NS(=O)(=O)c4ccccc4)cccc23)c1O. The highest BCUT2D eigenvalue weighted by Gasteiger charge is 2.16. The van der Waals surface area contributed by atoms with Crippen LogP contribution >= 0.6 is 0 Å². The van der Waals surface area contributed by atoms with Crippen LogP contribution in [0.15, 0.2) is 84.0 Å². The van der Waals surface area contributed by atoms with Crippen molar-refractivity contribution in [2.24, 2.45) is 0 Å². The van der Waals surface area contributed by atoms with Gasteiger partial charge < -0.3 is 15.2 Å². The lowest BCUT2D eigenvalue weighted by molar-refractivity contribution is 0.371. The van der Waals surface area contributed by atoms with Gasteiger partial charge in [-0.25, -0.2) is 8.42 Å². The molecule has 0 saturated carbocycles. The quantitative estimate of drug-likeness (QED) is 0.399. The van der Waals surface area contributed by atoms with E-state index < -0.39 is 10.0 Å². The second-order valence-electron chi connectivity index (χ2n) is 6.83. The van der Waals surface area contributed by atoms with Crippen LogP contribution in [0, 0.1) is 0 Å². The van der Waals surface area contributed by atoms with Gasteiger partial charge in [-0.15, -0.1) is 0 Å². The predicted molar refractivity (Wildman–Crippen MR) is 121 cm³/mol. The van der Waals surface area contributed by atoms with Gasteiger partial charge in [0, 0.05) is 29.1 Å². The van der Waals surface area contributed by atoms with Crippen molar-refractivity contribution in [1.29, 1.82) is 0 Å². The highest BCUT2D eigenvalue weighted by Crippen LogP contribution is 2.32. The van der Waals surface area contributed by atoms with Gasteiger partial charge in [-0.1, -0.05) is 42.5 Å². The molecule has 158 valence electrons. The van der Waals surface area contributed by atoms with Gasteiger partial charge in [0.2, 0.25) is 0 Å². The van der Waals surface area contributed by atoms with Crippen molar-refractivity contribution in [2.75, 3.05) is 17.1 Å². The van der Waals surface area contributed by atoms with E-state index in [0.29, 0.717) is 34.6 Å². The van der Waals surface area contributed by atoms with Gasteiger partial charge in [0.15, 0.2) is 11.5 Å². The first-order chi connectivity index (χ1) is 15.0. The number of benzene rings is 3. The van der Waals surface area contributed by atoms with Gasteiger partial charge in [-0.05, 0) is 24.3 Å². The zero-order valence-electron chi connectivity index (χ0n) is 16.7. The monoisotopic (exact) mass is 435 g/mol. The molecule has 3 N–H and O–H groups in total. The van der Waals surface area contributed by atoms with Crippen molar-refractivity contribution in [3.63, 3.8) is 0 Å². The fourth-order valence-electron chi connectivity index (χ4n) is 3.29. The standard InChI is InChI=1S/C23H21N3O4S/c1-30-22-12-5-7-16(23(22)27)13-25-21-15-24-14-19-18(21)10-6-11-20(19)26-31(28,29)17-8-3-2-4-9-17/h2-12,14-15,25-27H,13H2,1H3. The van der Waals surface area contributed by atoms with E-state index in [4.69, 9.17) is 4.74 Å². The molecule has 0 aliphatic carbocycles. The lowest BCUT2D eigenvalue weighted by Gasteiger charge is -2.14. The Balaban J connectivity index is 1.64. The molecule has 3 aromatic carbocycles. The number of aromatic nitrogens is 1. The van der Waals surface area contributed by atoms with Crippen molar-refractivity contribution in [2.45, 2.75) is 11.4 Å². The molecule has 1 aromatic heterocycles. The number of methoxy groups -OCH3 is 1. The van der Waals surface area contributed by atoms with Crippen LogP contribution in [-0.2, 0) is 16.6 Å². The number of anilines is 2. The number of sulfonamides is 1. The Hall–Kier alpha value is -3.78. The molecular formula is C23H21N3O4S. The third-order valence-electron chi connectivity index (χ3n) is 4.87. The minimum Gasteiger partial charge on any atom is -0.504 e. The van der Waals surface area contributed by atoms with Crippen molar-refractivity contribution >= 4 is 32.2 Å². The summed E-state index contributed by atoms with van der Waals surface area (Å²) in [5.41, 5.74) is 1.81. The number of hydrogen-bond donors (Lipinski definition) is 3. The molecular weight excluding hydrogens is 414 g/mol. The number of phenolic OH excluding ortho intramolecular Hbond substituents is 1. The molecule has 0 bridgehead atoms. The molecule has 0 atom stereocenters. The third-order valence-corrected chi connectivity index (χ3v) is 6.25. The summed E-state index contributed by atoms with van der Waals surface area (Å²) in [4.78, 5) is 4.44. The smallest absolute Gasteiger partial charge is 0.261 e. The molecule has 0 aliphatic heterocycles. The summed E-state index contributed by atoms with van der Waals surface area (Å²) in [6, 6.07) is 18.8. The average molecular weight is 436 g/mol. The molecule has 0 aliphatic rings. The molecule has 0 fully saturated rings. The Morgan fingerprint density at radius 1 is 0.903 bits per heavy atom. The van der Waals surface area contributed by atoms with Crippen molar-refractivity contribution in [3.05, 3.63) is 84.7 Å². The third kappa shape index (κ3) is 4.24. The van der Waals surface area contributed by atoms with E-state index in [1.807, 2.05) is 6.07 Å². The van der Waals surface area contributed by atoms with Crippen LogP contribution in [0.25, 0.3) is 10.8 Å². The summed E-state index contributed by atoms with van der Waals surface area (Å²) in [5, 5.41) is 15.0. The van der Waals surface area contributed by atoms with Crippen LogP contribution in [0.1, 0.15) is 5.56 Å². The molecule has 8 heteroatoms. The van der Waals surface area contributed by atoms with E-state index in [2.05, 4.69) is 15.0 Å². The summed E-state index contributed by atoms with van der Waals surface area (Å²) in [5.74, 6) is 0.468. The molecule has 0 spiro atoms. The normalized spacial score (nSPS) is 11.3. The van der Waals surface area contributed by atoms with E-state index in [0.717, 1.165) is 5.39 Å². The van der Waals surface area contributed by atoms with E-state index >= 15 is 0 Å². The number of nitrogens with zero attached hydrogens (tertiary/aromatic N) is 1. The lowest BCUT2D eigenvalue weighted by Crippen LogP contribution is -2.13. The minimum absolute atomic E-state index is 0.0713. The van der Waals surface area contributed by atoms with Gasteiger partial charge in [-0.3, -0.25) is 9.71 Å². The lowest BCUT2D eigenvalue weighted by atomic mass is 10.1. The Kier molecular flexibility index (Phi) is 5.64. The molecule has 4 aromatic rings. The van der Waals surface area contributed by atoms with Gasteiger partial charge in [0.05, 0.1) is 29.6 Å². The van der Waals surface area contributed by atoms with Crippen LogP contribution in [0.5, 0.6) is 11.5 Å². The second-order valence-corrected chi connectivity index (χ2v) is 8.51. The first-order valence-electron chi connectivity index (χ1n) is 9.53. The van der Waals surface area contributed by atoms with E-state index in [1.165, 1.54) is 7.11 Å². The van der Waals surface area contributed by atoms with Gasteiger partial charge >= 0.3 is 0 Å². The Morgan fingerprint density at radius 2 is 1.68 bits per heavy atom. The number of nitrogens with one attached hydrogen (secondary N) is 2. The van der Waals surface area contributed by atoms with Crippen molar-refractivity contribution < 1.29 is 18.3 Å². The number of rotatable bonds is 7. The molecule has 1 heterocycles. The highest BCUT2D eigenvalue weighted by molar-refractivity contribution is 7.92. The van der Waals surface area contributed by atoms with Gasteiger partial charge in [0.25, 0.3) is 10.0 Å².